The van der Waals surface area contributed by atoms with E-state index in [2.05, 4.69) is 0 Å². The molecule has 0 aliphatic carbocycles. The Hall–Kier alpha value is -1.20. The molecule has 0 fully saturated rings. The number of nitrogens with two attached hydrogens (primary N) is 1. The third-order valence-electron chi connectivity index (χ3n) is 1.83. The summed E-state index contributed by atoms with van der Waals surface area (Å²) < 4.78 is 26.1. The molecule has 6 heteroatoms. The minimum atomic E-state index is -1.28. The Labute approximate surface area is 89.5 Å². The number of halogens is 3. The van der Waals surface area contributed by atoms with Gasteiger partial charge in [0.25, 0.3) is 0 Å². The lowest BCUT2D eigenvalue weighted by molar-refractivity contribution is -0.138. The summed E-state index contributed by atoms with van der Waals surface area (Å²) in [5.74, 6) is -2.85. The van der Waals surface area contributed by atoms with Crippen molar-refractivity contribution in [2.75, 3.05) is 0 Å². The van der Waals surface area contributed by atoms with E-state index in [9.17, 15) is 13.6 Å². The van der Waals surface area contributed by atoms with E-state index in [1.54, 1.807) is 0 Å². The van der Waals surface area contributed by atoms with Crippen LogP contribution in [-0.2, 0) is 11.2 Å². The molecular formula is C9H8ClF2NO2. The van der Waals surface area contributed by atoms with Crippen LogP contribution in [0.25, 0.3) is 0 Å². The minimum Gasteiger partial charge on any atom is -0.480 e. The molecule has 0 amide bonds. The lowest BCUT2D eigenvalue weighted by atomic mass is 10.1. The minimum absolute atomic E-state index is 0.144. The maximum atomic E-state index is 13.3. The van der Waals surface area contributed by atoms with Crippen LogP contribution < -0.4 is 5.73 Å². The second-order valence-corrected chi connectivity index (χ2v) is 3.42. The number of carbonyl (C=O) groups is 1. The highest BCUT2D eigenvalue weighted by Gasteiger charge is 2.17. The number of rotatable bonds is 3. The van der Waals surface area contributed by atoms with Gasteiger partial charge in [-0.3, -0.25) is 4.79 Å². The Kier molecular flexibility index (Phi) is 3.60. The molecule has 0 aliphatic rings. The number of carboxylic acid groups (broad SMARTS) is 1. The van der Waals surface area contributed by atoms with Crippen LogP contribution in [0.1, 0.15) is 5.56 Å². The Balaban J connectivity index is 2.99. The van der Waals surface area contributed by atoms with Crippen molar-refractivity contribution in [2.45, 2.75) is 12.5 Å². The molecule has 1 atom stereocenters. The largest absolute Gasteiger partial charge is 0.480 e. The van der Waals surface area contributed by atoms with Crippen molar-refractivity contribution in [3.63, 3.8) is 0 Å². The Bertz CT molecular complexity index is 398. The summed E-state index contributed by atoms with van der Waals surface area (Å²) in [5.41, 5.74) is 5.04. The summed E-state index contributed by atoms with van der Waals surface area (Å²) in [5, 5.41) is 8.11. The molecule has 3 N–H and O–H groups in total. The molecule has 0 radical (unpaired) electrons. The van der Waals surface area contributed by atoms with Crippen molar-refractivity contribution in [3.8, 4) is 0 Å². The quantitative estimate of drug-likeness (QED) is 0.782. The molecule has 15 heavy (non-hydrogen) atoms. The molecule has 0 spiro atoms. The van der Waals surface area contributed by atoms with Crippen molar-refractivity contribution in [3.05, 3.63) is 34.4 Å². The molecule has 0 saturated carbocycles. The van der Waals surface area contributed by atoms with Crippen LogP contribution in [0.4, 0.5) is 8.78 Å². The van der Waals surface area contributed by atoms with Crippen molar-refractivity contribution in [2.24, 2.45) is 5.73 Å². The summed E-state index contributed by atoms with van der Waals surface area (Å²) in [4.78, 5) is 10.4. The predicted molar refractivity (Wildman–Crippen MR) is 50.7 cm³/mol. The summed E-state index contributed by atoms with van der Waals surface area (Å²) in [6, 6.07) is 0.411. The lowest BCUT2D eigenvalue weighted by Gasteiger charge is -2.08. The Morgan fingerprint density at radius 3 is 2.67 bits per heavy atom. The highest BCUT2D eigenvalue weighted by atomic mass is 35.5. The molecule has 1 aromatic carbocycles. The molecule has 3 nitrogen and oxygen atoms in total. The van der Waals surface area contributed by atoms with Crippen LogP contribution in [0.3, 0.4) is 0 Å². The van der Waals surface area contributed by atoms with E-state index in [-0.39, 0.29) is 17.0 Å². The first-order chi connectivity index (χ1) is 6.91. The standard InChI is InChI=1S/C9H8ClF2NO2/c10-6-3-5(11)1-4(8(6)12)2-7(13)9(14)15/h1,3,7H,2,13H2,(H,14,15). The van der Waals surface area contributed by atoms with E-state index in [0.717, 1.165) is 12.1 Å². The molecule has 1 aromatic rings. The number of aliphatic carboxylic acids is 1. The van der Waals surface area contributed by atoms with E-state index in [1.165, 1.54) is 0 Å². The molecule has 0 saturated heterocycles. The Morgan fingerprint density at radius 1 is 1.53 bits per heavy atom. The second-order valence-electron chi connectivity index (χ2n) is 3.01. The van der Waals surface area contributed by atoms with Gasteiger partial charge in [-0.1, -0.05) is 11.6 Å². The second kappa shape index (κ2) is 4.55. The van der Waals surface area contributed by atoms with Crippen LogP contribution in [0.5, 0.6) is 0 Å². The SMILES string of the molecule is NC(Cc1cc(F)cc(Cl)c1F)C(=O)O. The molecular weight excluding hydrogens is 228 g/mol. The van der Waals surface area contributed by atoms with Gasteiger partial charge in [0.2, 0.25) is 0 Å². The van der Waals surface area contributed by atoms with Crippen molar-refractivity contribution in [1.82, 2.24) is 0 Å². The van der Waals surface area contributed by atoms with Gasteiger partial charge in [0.15, 0.2) is 0 Å². The lowest BCUT2D eigenvalue weighted by Crippen LogP contribution is -2.32. The van der Waals surface area contributed by atoms with Crippen LogP contribution in [0.15, 0.2) is 12.1 Å². The summed E-state index contributed by atoms with van der Waals surface area (Å²) in [7, 11) is 0. The number of hydrogen-bond acceptors (Lipinski definition) is 2. The van der Waals surface area contributed by atoms with E-state index in [4.69, 9.17) is 22.4 Å². The predicted octanol–water partition coefficient (Wildman–Crippen LogP) is 1.57. The summed E-state index contributed by atoms with van der Waals surface area (Å²) in [6.45, 7) is 0. The fourth-order valence-electron chi connectivity index (χ4n) is 1.08. The third-order valence-corrected chi connectivity index (χ3v) is 2.10. The fraction of sp³-hybridized carbons (Fsp3) is 0.222. The fourth-order valence-corrected chi connectivity index (χ4v) is 1.31. The summed E-state index contributed by atoms with van der Waals surface area (Å²) in [6.07, 6.45) is -0.307. The topological polar surface area (TPSA) is 63.3 Å². The number of carboxylic acids is 1. The van der Waals surface area contributed by atoms with Crippen LogP contribution in [0.2, 0.25) is 5.02 Å². The van der Waals surface area contributed by atoms with Crippen LogP contribution in [0, 0.1) is 11.6 Å². The molecule has 1 unspecified atom stereocenters. The zero-order valence-corrected chi connectivity index (χ0v) is 8.26. The monoisotopic (exact) mass is 235 g/mol. The van der Waals surface area contributed by atoms with Crippen molar-refractivity contribution in [1.29, 1.82) is 0 Å². The molecule has 0 aromatic heterocycles. The number of hydrogen-bond donors (Lipinski definition) is 2. The smallest absolute Gasteiger partial charge is 0.320 e. The van der Waals surface area contributed by atoms with Gasteiger partial charge in [0.1, 0.15) is 17.7 Å². The van der Waals surface area contributed by atoms with Gasteiger partial charge in [0, 0.05) is 6.42 Å². The number of benzene rings is 1. The van der Waals surface area contributed by atoms with E-state index < -0.39 is 23.6 Å². The van der Waals surface area contributed by atoms with Crippen LogP contribution >= 0.6 is 11.6 Å². The highest BCUT2D eigenvalue weighted by Crippen LogP contribution is 2.21. The maximum absolute atomic E-state index is 13.3. The molecule has 82 valence electrons. The van der Waals surface area contributed by atoms with Crippen molar-refractivity contribution >= 4 is 17.6 Å². The van der Waals surface area contributed by atoms with Gasteiger partial charge >= 0.3 is 5.97 Å². The van der Waals surface area contributed by atoms with E-state index in [1.807, 2.05) is 0 Å². The van der Waals surface area contributed by atoms with Gasteiger partial charge < -0.3 is 10.8 Å². The average Bonchev–Trinajstić information content (AvgIpc) is 2.13. The normalized spacial score (nSPS) is 12.5. The third kappa shape index (κ3) is 2.87. The zero-order valence-electron chi connectivity index (χ0n) is 7.51. The van der Waals surface area contributed by atoms with Crippen molar-refractivity contribution < 1.29 is 18.7 Å². The van der Waals surface area contributed by atoms with E-state index in [0.29, 0.717) is 0 Å². The molecule has 0 heterocycles. The molecule has 0 aliphatic heterocycles. The first-order valence-corrected chi connectivity index (χ1v) is 4.41. The summed E-state index contributed by atoms with van der Waals surface area (Å²) >= 11 is 5.38. The zero-order chi connectivity index (χ0) is 11.6. The molecule has 1 rings (SSSR count). The molecule has 0 bridgehead atoms. The first kappa shape index (κ1) is 11.9. The van der Waals surface area contributed by atoms with Gasteiger partial charge in [-0.05, 0) is 17.7 Å². The van der Waals surface area contributed by atoms with Crippen LogP contribution in [-0.4, -0.2) is 17.1 Å². The maximum Gasteiger partial charge on any atom is 0.320 e. The average molecular weight is 236 g/mol. The first-order valence-electron chi connectivity index (χ1n) is 4.03. The van der Waals surface area contributed by atoms with E-state index >= 15 is 0 Å². The van der Waals surface area contributed by atoms with Gasteiger partial charge in [-0.15, -0.1) is 0 Å². The highest BCUT2D eigenvalue weighted by molar-refractivity contribution is 6.30. The van der Waals surface area contributed by atoms with Gasteiger partial charge in [-0.25, -0.2) is 8.78 Å². The van der Waals surface area contributed by atoms with Gasteiger partial charge in [-0.2, -0.15) is 0 Å². The van der Waals surface area contributed by atoms with Gasteiger partial charge in [0.05, 0.1) is 5.02 Å². The Morgan fingerprint density at radius 2 is 2.13 bits per heavy atom.